The number of nitrogens with zero attached hydrogens (tertiary/aromatic N) is 1. The number of rotatable bonds is 3. The van der Waals surface area contributed by atoms with Crippen LogP contribution in [0.3, 0.4) is 0 Å². The Hall–Kier alpha value is -2.21. The second-order valence-corrected chi connectivity index (χ2v) is 5.94. The second kappa shape index (κ2) is 6.02. The van der Waals surface area contributed by atoms with Crippen LogP contribution in [0.25, 0.3) is 0 Å². The van der Waals surface area contributed by atoms with E-state index in [2.05, 4.69) is 0 Å². The minimum absolute atomic E-state index is 0.00871. The molecule has 0 fully saturated rings. The molecule has 0 aromatic heterocycles. The third-order valence-corrected chi connectivity index (χ3v) is 4.22. The highest BCUT2D eigenvalue weighted by Gasteiger charge is 2.31. The van der Waals surface area contributed by atoms with Crippen molar-refractivity contribution in [1.82, 2.24) is 4.90 Å². The topological polar surface area (TPSA) is 29.5 Å². The number of hydrogen-bond acceptors (Lipinski definition) is 2. The van der Waals surface area contributed by atoms with E-state index in [4.69, 9.17) is 16.3 Å². The summed E-state index contributed by atoms with van der Waals surface area (Å²) < 4.78 is 43.6. The molecular formula is C17H13ClF3NO2. The molecule has 2 aromatic rings. The molecule has 0 spiro atoms. The predicted molar refractivity (Wildman–Crippen MR) is 83.0 cm³/mol. The van der Waals surface area contributed by atoms with Crippen molar-refractivity contribution < 1.29 is 22.7 Å². The van der Waals surface area contributed by atoms with Gasteiger partial charge in [-0.2, -0.15) is 13.2 Å². The van der Waals surface area contributed by atoms with E-state index in [-0.39, 0.29) is 17.5 Å². The van der Waals surface area contributed by atoms with Gasteiger partial charge in [-0.3, -0.25) is 4.79 Å². The molecular weight excluding hydrogens is 343 g/mol. The fraction of sp³-hybridized carbons (Fsp3) is 0.235. The molecule has 3 rings (SSSR count). The number of benzene rings is 2. The predicted octanol–water partition coefficient (Wildman–Crippen LogP) is 4.52. The van der Waals surface area contributed by atoms with Gasteiger partial charge in [-0.1, -0.05) is 23.7 Å². The quantitative estimate of drug-likeness (QED) is 0.810. The maximum Gasteiger partial charge on any atom is 0.416 e. The van der Waals surface area contributed by atoms with E-state index >= 15 is 0 Å². The summed E-state index contributed by atoms with van der Waals surface area (Å²) in [4.78, 5) is 13.5. The zero-order chi connectivity index (χ0) is 17.5. The van der Waals surface area contributed by atoms with Gasteiger partial charge in [-0.05, 0) is 24.3 Å². The Morgan fingerprint density at radius 1 is 1.25 bits per heavy atom. The molecule has 0 N–H and O–H groups in total. The number of ether oxygens (including phenoxy) is 1. The fourth-order valence-electron chi connectivity index (χ4n) is 2.58. The number of carbonyl (C=O) groups is 1. The van der Waals surface area contributed by atoms with Gasteiger partial charge >= 0.3 is 6.18 Å². The van der Waals surface area contributed by atoms with Crippen LogP contribution < -0.4 is 4.74 Å². The van der Waals surface area contributed by atoms with Crippen LogP contribution >= 0.6 is 11.6 Å². The first kappa shape index (κ1) is 16.6. The van der Waals surface area contributed by atoms with E-state index in [1.54, 1.807) is 30.1 Å². The number of halogens is 4. The first-order valence-corrected chi connectivity index (χ1v) is 7.51. The van der Waals surface area contributed by atoms with Crippen LogP contribution in [-0.4, -0.2) is 17.9 Å². The summed E-state index contributed by atoms with van der Waals surface area (Å²) in [5.41, 5.74) is 0.991. The molecule has 0 aliphatic carbocycles. The average Bonchev–Trinajstić information content (AvgIpc) is 2.81. The van der Waals surface area contributed by atoms with E-state index < -0.39 is 11.7 Å². The van der Waals surface area contributed by atoms with E-state index in [1.807, 2.05) is 0 Å². The van der Waals surface area contributed by atoms with Crippen LogP contribution in [0.1, 0.15) is 27.0 Å². The Morgan fingerprint density at radius 2 is 2.00 bits per heavy atom. The molecule has 0 saturated heterocycles. The Morgan fingerprint density at radius 3 is 2.67 bits per heavy atom. The van der Waals surface area contributed by atoms with Crippen molar-refractivity contribution in [3.8, 4) is 5.75 Å². The van der Waals surface area contributed by atoms with Crippen LogP contribution in [0, 0.1) is 0 Å². The summed E-state index contributed by atoms with van der Waals surface area (Å²) >= 11 is 5.92. The van der Waals surface area contributed by atoms with Crippen molar-refractivity contribution in [3.63, 3.8) is 0 Å². The van der Waals surface area contributed by atoms with Crippen LogP contribution in [0.2, 0.25) is 5.02 Å². The number of amides is 1. The highest BCUT2D eigenvalue weighted by molar-refractivity contribution is 6.31. The fourth-order valence-corrected chi connectivity index (χ4v) is 2.81. The summed E-state index contributed by atoms with van der Waals surface area (Å²) in [6, 6.07) is 8.30. The Balaban J connectivity index is 1.80. The zero-order valence-corrected chi connectivity index (χ0v) is 13.4. The molecule has 1 amide bonds. The zero-order valence-electron chi connectivity index (χ0n) is 12.7. The highest BCUT2D eigenvalue weighted by Crippen LogP contribution is 2.34. The van der Waals surface area contributed by atoms with Gasteiger partial charge in [-0.25, -0.2) is 0 Å². The van der Waals surface area contributed by atoms with Gasteiger partial charge in [0.15, 0.2) is 0 Å². The molecule has 126 valence electrons. The molecule has 1 heterocycles. The normalized spacial score (nSPS) is 14.0. The van der Waals surface area contributed by atoms with Crippen molar-refractivity contribution in [2.24, 2.45) is 0 Å². The average molecular weight is 356 g/mol. The summed E-state index contributed by atoms with van der Waals surface area (Å²) in [6.07, 6.45) is -4.44. The largest absolute Gasteiger partial charge is 0.488 e. The van der Waals surface area contributed by atoms with Gasteiger partial charge in [0, 0.05) is 28.8 Å². The first-order chi connectivity index (χ1) is 11.3. The number of fused-ring (bicyclic) bond motifs is 1. The Kier molecular flexibility index (Phi) is 4.17. The van der Waals surface area contributed by atoms with E-state index in [1.165, 1.54) is 6.07 Å². The van der Waals surface area contributed by atoms with Crippen molar-refractivity contribution >= 4 is 17.5 Å². The smallest absolute Gasteiger partial charge is 0.416 e. The lowest BCUT2D eigenvalue weighted by Gasteiger charge is -2.13. The third kappa shape index (κ3) is 3.06. The molecule has 0 atom stereocenters. The van der Waals surface area contributed by atoms with E-state index in [0.29, 0.717) is 23.4 Å². The number of alkyl halides is 3. The molecule has 1 aliphatic heterocycles. The molecule has 3 nitrogen and oxygen atoms in total. The summed E-state index contributed by atoms with van der Waals surface area (Å²) in [5.74, 6) is 0.448. The lowest BCUT2D eigenvalue weighted by Crippen LogP contribution is -2.17. The Labute approximate surface area is 141 Å². The molecule has 0 radical (unpaired) electrons. The van der Waals surface area contributed by atoms with E-state index in [0.717, 1.165) is 17.7 Å². The maximum absolute atomic E-state index is 12.6. The Bertz CT molecular complexity index is 805. The van der Waals surface area contributed by atoms with Crippen LogP contribution in [0.5, 0.6) is 5.75 Å². The van der Waals surface area contributed by atoms with Crippen LogP contribution in [-0.2, 0) is 19.3 Å². The van der Waals surface area contributed by atoms with Gasteiger partial charge < -0.3 is 9.64 Å². The maximum atomic E-state index is 12.6. The lowest BCUT2D eigenvalue weighted by atomic mass is 10.1. The molecule has 0 saturated carbocycles. The second-order valence-electron chi connectivity index (χ2n) is 5.54. The summed E-state index contributed by atoms with van der Waals surface area (Å²) in [7, 11) is 1.69. The number of carbonyl (C=O) groups excluding carboxylic acids is 1. The van der Waals surface area contributed by atoms with Crippen molar-refractivity contribution in [2.75, 3.05) is 7.05 Å². The molecule has 0 bridgehead atoms. The lowest BCUT2D eigenvalue weighted by molar-refractivity contribution is -0.137. The molecule has 1 aliphatic rings. The standard InChI is InChI=1S/C17H13ClF3NO2/c1-22-8-13-12(16(22)23)3-2-4-15(13)24-9-10-5-6-11(7-14(10)18)17(19,20)21/h2-7H,8-9H2,1H3. The van der Waals surface area contributed by atoms with Gasteiger partial charge in [0.25, 0.3) is 5.91 Å². The van der Waals surface area contributed by atoms with Crippen molar-refractivity contribution in [3.05, 3.63) is 63.7 Å². The van der Waals surface area contributed by atoms with Crippen molar-refractivity contribution in [1.29, 1.82) is 0 Å². The van der Waals surface area contributed by atoms with Gasteiger partial charge in [0.1, 0.15) is 12.4 Å². The number of hydrogen-bond donors (Lipinski definition) is 0. The highest BCUT2D eigenvalue weighted by atomic mass is 35.5. The van der Waals surface area contributed by atoms with Crippen LogP contribution in [0.15, 0.2) is 36.4 Å². The van der Waals surface area contributed by atoms with Crippen LogP contribution in [0.4, 0.5) is 13.2 Å². The molecule has 24 heavy (non-hydrogen) atoms. The van der Waals surface area contributed by atoms with Gasteiger partial charge in [-0.15, -0.1) is 0 Å². The van der Waals surface area contributed by atoms with Gasteiger partial charge in [0.05, 0.1) is 12.1 Å². The SMILES string of the molecule is CN1Cc2c(OCc3ccc(C(F)(F)F)cc3Cl)cccc2C1=O. The van der Waals surface area contributed by atoms with Crippen molar-refractivity contribution in [2.45, 2.75) is 19.3 Å². The minimum atomic E-state index is -4.44. The monoisotopic (exact) mass is 355 g/mol. The summed E-state index contributed by atoms with van der Waals surface area (Å²) in [5, 5.41) is -0.00871. The third-order valence-electron chi connectivity index (χ3n) is 3.87. The first-order valence-electron chi connectivity index (χ1n) is 7.13. The molecule has 0 unspecified atom stereocenters. The van der Waals surface area contributed by atoms with Gasteiger partial charge in [0.2, 0.25) is 0 Å². The molecule has 2 aromatic carbocycles. The van der Waals surface area contributed by atoms with E-state index in [9.17, 15) is 18.0 Å². The molecule has 7 heteroatoms. The minimum Gasteiger partial charge on any atom is -0.488 e. The summed E-state index contributed by atoms with van der Waals surface area (Å²) in [6.45, 7) is 0.455.